The zero-order valence-electron chi connectivity index (χ0n) is 32.7. The molecule has 61 heavy (non-hydrogen) atoms. The average Bonchev–Trinajstić information content (AvgIpc) is 3.26. The predicted molar refractivity (Wildman–Crippen MR) is 228 cm³/mol. The van der Waals surface area contributed by atoms with Gasteiger partial charge in [-0.05, 0) is 131 Å². The SMILES string of the molecule is O=S(=O)(OC1=CCCc2cc(OCc3ccccc3)ccc21)C(F)(F)F.OB(O)c1ccc(O)cc1.Oc1ccc(C2=CCCc3cc(OCc4ccccc4)ccc32)cc1. The van der Waals surface area contributed by atoms with Gasteiger partial charge in [0.1, 0.15) is 42.0 Å². The molecule has 0 radical (unpaired) electrons. The van der Waals surface area contributed by atoms with E-state index in [4.69, 9.17) is 24.6 Å². The summed E-state index contributed by atoms with van der Waals surface area (Å²) < 4.78 is 76.0. The third-order valence-electron chi connectivity index (χ3n) is 9.56. The van der Waals surface area contributed by atoms with Crippen molar-refractivity contribution in [2.75, 3.05) is 0 Å². The number of phenolic OH excluding ortho intramolecular Hbond substituents is 2. The van der Waals surface area contributed by atoms with Crippen LogP contribution in [0, 0.1) is 0 Å². The van der Waals surface area contributed by atoms with E-state index in [1.807, 2.05) is 66.7 Å². The Kier molecular flexibility index (Phi) is 14.6. The Morgan fingerprint density at radius 3 is 1.57 bits per heavy atom. The lowest BCUT2D eigenvalue weighted by atomic mass is 9.80. The van der Waals surface area contributed by atoms with Gasteiger partial charge < -0.3 is 33.9 Å². The lowest BCUT2D eigenvalue weighted by Gasteiger charge is -2.19. The van der Waals surface area contributed by atoms with Crippen molar-refractivity contribution in [2.24, 2.45) is 0 Å². The van der Waals surface area contributed by atoms with Crippen LogP contribution in [0.1, 0.15) is 51.8 Å². The topological polar surface area (TPSA) is 143 Å². The molecule has 0 aliphatic heterocycles. The van der Waals surface area contributed by atoms with Crippen LogP contribution < -0.4 is 14.9 Å². The van der Waals surface area contributed by atoms with Gasteiger partial charge in [-0.25, -0.2) is 0 Å². The van der Waals surface area contributed by atoms with Crippen LogP contribution in [0.2, 0.25) is 0 Å². The van der Waals surface area contributed by atoms with Gasteiger partial charge in [-0.2, -0.15) is 21.6 Å². The van der Waals surface area contributed by atoms with Gasteiger partial charge in [0.05, 0.1) is 0 Å². The van der Waals surface area contributed by atoms with Gasteiger partial charge in [-0.15, -0.1) is 0 Å². The molecule has 8 rings (SSSR count). The second-order valence-corrected chi connectivity index (χ2v) is 15.5. The molecule has 9 nitrogen and oxygen atoms in total. The van der Waals surface area contributed by atoms with Crippen molar-refractivity contribution in [1.82, 2.24) is 0 Å². The first-order valence-corrected chi connectivity index (χ1v) is 20.6. The van der Waals surface area contributed by atoms with Crippen LogP contribution in [0.4, 0.5) is 13.2 Å². The summed E-state index contributed by atoms with van der Waals surface area (Å²) in [5.74, 6) is 1.56. The van der Waals surface area contributed by atoms with Crippen LogP contribution in [0.15, 0.2) is 158 Å². The number of halogens is 3. The van der Waals surface area contributed by atoms with E-state index in [1.165, 1.54) is 58.7 Å². The molecular weight excluding hydrogens is 808 g/mol. The van der Waals surface area contributed by atoms with Crippen molar-refractivity contribution in [3.63, 3.8) is 0 Å². The summed E-state index contributed by atoms with van der Waals surface area (Å²) >= 11 is 0. The van der Waals surface area contributed by atoms with Gasteiger partial charge in [0, 0.05) is 5.56 Å². The van der Waals surface area contributed by atoms with Gasteiger partial charge >= 0.3 is 22.7 Å². The third kappa shape index (κ3) is 12.3. The van der Waals surface area contributed by atoms with Crippen molar-refractivity contribution in [2.45, 2.75) is 44.4 Å². The summed E-state index contributed by atoms with van der Waals surface area (Å²) in [6, 6.07) is 43.9. The second-order valence-electron chi connectivity index (χ2n) is 13.9. The fourth-order valence-electron chi connectivity index (χ4n) is 6.47. The largest absolute Gasteiger partial charge is 0.534 e. The number of ether oxygens (including phenoxy) is 2. The maximum Gasteiger partial charge on any atom is 0.534 e. The van der Waals surface area contributed by atoms with Crippen LogP contribution >= 0.6 is 0 Å². The number of fused-ring (bicyclic) bond motifs is 2. The summed E-state index contributed by atoms with van der Waals surface area (Å²) in [6.07, 6.45) is 6.59. The smallest absolute Gasteiger partial charge is 0.508 e. The zero-order chi connectivity index (χ0) is 43.4. The lowest BCUT2D eigenvalue weighted by molar-refractivity contribution is -0.0509. The Balaban J connectivity index is 0.000000167. The summed E-state index contributed by atoms with van der Waals surface area (Å²) in [4.78, 5) is 0. The van der Waals surface area contributed by atoms with Crippen molar-refractivity contribution in [3.8, 4) is 23.0 Å². The Labute approximate surface area is 352 Å². The minimum absolute atomic E-state index is 0.115. The molecule has 6 aromatic carbocycles. The normalized spacial score (nSPS) is 13.0. The quantitative estimate of drug-likeness (QED) is 0.0604. The van der Waals surface area contributed by atoms with Crippen molar-refractivity contribution in [1.29, 1.82) is 0 Å². The number of allylic oxidation sites excluding steroid dienone is 2. The van der Waals surface area contributed by atoms with Gasteiger partial charge in [0.15, 0.2) is 0 Å². The Hall–Kier alpha value is -6.48. The summed E-state index contributed by atoms with van der Waals surface area (Å²) in [5.41, 5.74) is 2.98. The van der Waals surface area contributed by atoms with E-state index in [0.29, 0.717) is 54.1 Å². The predicted octanol–water partition coefficient (Wildman–Crippen LogP) is 8.84. The average molecular weight is 851 g/mol. The molecule has 2 aliphatic carbocycles. The van der Waals surface area contributed by atoms with Gasteiger partial charge in [0.2, 0.25) is 0 Å². The molecule has 2 aliphatic rings. The minimum Gasteiger partial charge on any atom is -0.508 e. The Morgan fingerprint density at radius 2 is 1.07 bits per heavy atom. The van der Waals surface area contributed by atoms with E-state index in [2.05, 4.69) is 34.5 Å². The van der Waals surface area contributed by atoms with Crippen molar-refractivity contribution < 1.29 is 55.5 Å². The number of benzene rings is 6. The first-order chi connectivity index (χ1) is 29.3. The molecule has 0 unspecified atom stereocenters. The highest BCUT2D eigenvalue weighted by molar-refractivity contribution is 7.87. The molecule has 0 fully saturated rings. The third-order valence-corrected chi connectivity index (χ3v) is 10.5. The maximum atomic E-state index is 12.5. The van der Waals surface area contributed by atoms with E-state index in [0.717, 1.165) is 29.7 Å². The number of aromatic hydroxyl groups is 2. The van der Waals surface area contributed by atoms with Crippen molar-refractivity contribution >= 4 is 34.0 Å². The number of phenols is 2. The molecule has 0 saturated heterocycles. The molecule has 14 heteroatoms. The Bertz CT molecular complexity index is 2550. The van der Waals surface area contributed by atoms with Crippen LogP contribution in [0.25, 0.3) is 11.3 Å². The molecule has 0 amide bonds. The molecule has 0 heterocycles. The fourth-order valence-corrected chi connectivity index (χ4v) is 6.96. The van der Waals surface area contributed by atoms with Crippen LogP contribution in [0.5, 0.6) is 23.0 Å². The summed E-state index contributed by atoms with van der Waals surface area (Å²) in [7, 11) is -7.15. The van der Waals surface area contributed by atoms with E-state index >= 15 is 0 Å². The van der Waals surface area contributed by atoms with Crippen LogP contribution in [-0.4, -0.2) is 41.3 Å². The molecule has 0 saturated carbocycles. The fraction of sp³-hybridized carbons (Fsp3) is 0.149. The van der Waals surface area contributed by atoms with Crippen LogP contribution in [-0.2, 0) is 40.4 Å². The van der Waals surface area contributed by atoms with Gasteiger partial charge in [-0.3, -0.25) is 0 Å². The summed E-state index contributed by atoms with van der Waals surface area (Å²) in [5, 5.41) is 35.5. The molecule has 0 aromatic heterocycles. The molecular formula is C47H42BF3O9S. The second kappa shape index (κ2) is 20.2. The van der Waals surface area contributed by atoms with Crippen LogP contribution in [0.3, 0.4) is 0 Å². The number of rotatable bonds is 10. The molecule has 0 bridgehead atoms. The maximum absolute atomic E-state index is 12.5. The van der Waals surface area contributed by atoms with E-state index in [9.17, 15) is 26.7 Å². The molecule has 0 atom stereocenters. The highest BCUT2D eigenvalue weighted by atomic mass is 32.2. The Morgan fingerprint density at radius 1 is 0.590 bits per heavy atom. The lowest BCUT2D eigenvalue weighted by Crippen LogP contribution is -2.29. The van der Waals surface area contributed by atoms with Gasteiger partial charge in [-0.1, -0.05) is 97.1 Å². The number of aryl methyl sites for hydroxylation is 2. The standard InChI is InChI=1S/C23H20O2.C18H15F3O4S.C6H7BO3/c24-20-11-9-18(10-12-20)22-8-4-7-19-15-21(13-14-23(19)22)25-16-17-5-2-1-3-6-17;19-18(20,21)26(22,23)25-17-8-4-7-14-11-15(9-10-16(14)17)24-12-13-5-2-1-3-6-13;8-6-3-1-5(2-4-6)7(9)10/h1-3,5-6,8-15,24H,4,7,16H2;1-3,5-6,8-11H,4,7,12H2;1-4,8-10H. The van der Waals surface area contributed by atoms with Crippen molar-refractivity contribution in [3.05, 3.63) is 197 Å². The van der Waals surface area contributed by atoms with Gasteiger partial charge in [0.25, 0.3) is 0 Å². The van der Waals surface area contributed by atoms with E-state index in [1.54, 1.807) is 24.3 Å². The highest BCUT2D eigenvalue weighted by Gasteiger charge is 2.49. The number of hydrogen-bond acceptors (Lipinski definition) is 9. The molecule has 0 spiro atoms. The van der Waals surface area contributed by atoms with E-state index in [-0.39, 0.29) is 11.5 Å². The minimum atomic E-state index is -5.70. The zero-order valence-corrected chi connectivity index (χ0v) is 33.5. The first kappa shape index (κ1) is 44.1. The number of alkyl halides is 3. The molecule has 4 N–H and O–H groups in total. The summed E-state index contributed by atoms with van der Waals surface area (Å²) in [6.45, 7) is 0.932. The van der Waals surface area contributed by atoms with E-state index < -0.39 is 22.7 Å². The monoisotopic (exact) mass is 850 g/mol. The highest BCUT2D eigenvalue weighted by Crippen LogP contribution is 2.36. The number of hydrogen-bond donors (Lipinski definition) is 4. The first-order valence-electron chi connectivity index (χ1n) is 19.2. The molecule has 314 valence electrons. The molecule has 6 aromatic rings.